The fraction of sp³-hybridized carbons (Fsp3) is 0.382. The number of nitrogens with zero attached hydrogens (tertiary/aromatic N) is 2. The minimum absolute atomic E-state index is 0. The standard InChI is InChI=1S/C27H35N5O4S3.C23H29N5O3S2.C4H7ClO2.CH4/c1-16(2)29-25(37)30-19-10-8-18(9-11-19)24-28-15-22(38-24)21-13-12-20(31-26(33)36-17(3)4)14-23(21)39(34,35)32-27(5,6)7;1-14(2)26-22(29)27-17-9-6-15(7-10-17)21-25-13-19(32-21)18-11-8-16(24)12-20(18)33(30,31)28-23(3,4)5;1-3(2)7-4(5)6;/h8-17,32H,1-7H3,(H,31,33)(H2,29,30,37);6-14,28H,24H2,1-5H3,(H2,26,27,29);3H,1-2H3;1H4. The average molecular weight is 1220 g/mol. The van der Waals surface area contributed by atoms with Crippen LogP contribution in [-0.2, 0) is 29.5 Å². The maximum Gasteiger partial charge on any atom is 0.411 e. The van der Waals surface area contributed by atoms with Crippen LogP contribution in [0.2, 0.25) is 0 Å². The van der Waals surface area contributed by atoms with Crippen LogP contribution in [-0.4, -0.2) is 84.8 Å². The van der Waals surface area contributed by atoms with Gasteiger partial charge in [-0.25, -0.2) is 50.6 Å². The molecule has 19 nitrogen and oxygen atoms in total. The van der Waals surface area contributed by atoms with Crippen LogP contribution in [0.1, 0.15) is 104 Å². The van der Waals surface area contributed by atoms with E-state index in [1.165, 1.54) is 34.8 Å². The van der Waals surface area contributed by atoms with Crippen LogP contribution >= 0.6 is 46.5 Å². The van der Waals surface area contributed by atoms with E-state index >= 15 is 0 Å². The molecule has 2 aromatic heterocycles. The molecule has 0 fully saturated rings. The third-order valence-corrected chi connectivity index (χ3v) is 15.6. The summed E-state index contributed by atoms with van der Waals surface area (Å²) in [6.07, 6.45) is 2.22. The molecule has 0 spiro atoms. The molecule has 436 valence electrons. The molecule has 9 N–H and O–H groups in total. The van der Waals surface area contributed by atoms with Gasteiger partial charge in [0.1, 0.15) is 10.0 Å². The summed E-state index contributed by atoms with van der Waals surface area (Å²) in [6, 6.07) is 24.5. The molecule has 6 rings (SSSR count). The highest BCUT2D eigenvalue weighted by molar-refractivity contribution is 7.90. The van der Waals surface area contributed by atoms with E-state index in [2.05, 4.69) is 50.7 Å². The molecule has 0 radical (unpaired) electrons. The molecule has 80 heavy (non-hydrogen) atoms. The molecule has 0 aliphatic heterocycles. The van der Waals surface area contributed by atoms with E-state index in [0.717, 1.165) is 26.8 Å². The second-order valence-electron chi connectivity index (χ2n) is 20.9. The van der Waals surface area contributed by atoms with Crippen molar-refractivity contribution in [1.29, 1.82) is 0 Å². The van der Waals surface area contributed by atoms with Gasteiger partial charge in [-0.15, -0.1) is 22.7 Å². The van der Waals surface area contributed by atoms with Gasteiger partial charge in [0.05, 0.1) is 31.8 Å². The average Bonchev–Trinajstić information content (AvgIpc) is 3.99. The second-order valence-corrected chi connectivity index (χ2v) is 27.0. The third-order valence-electron chi connectivity index (χ3n) is 9.53. The van der Waals surface area contributed by atoms with Gasteiger partial charge in [-0.2, -0.15) is 0 Å². The highest BCUT2D eigenvalue weighted by atomic mass is 35.5. The lowest BCUT2D eigenvalue weighted by Crippen LogP contribution is -2.40. The normalized spacial score (nSPS) is 11.6. The molecule has 0 aliphatic carbocycles. The van der Waals surface area contributed by atoms with Crippen LogP contribution in [0.5, 0.6) is 0 Å². The number of ether oxygens (including phenoxy) is 2. The van der Waals surface area contributed by atoms with Gasteiger partial charge in [0.15, 0.2) is 5.11 Å². The summed E-state index contributed by atoms with van der Waals surface area (Å²) in [7, 11) is -7.75. The van der Waals surface area contributed by atoms with E-state index in [4.69, 9.17) is 34.3 Å². The van der Waals surface area contributed by atoms with Gasteiger partial charge in [-0.1, -0.05) is 19.6 Å². The van der Waals surface area contributed by atoms with Crippen molar-refractivity contribution in [3.8, 4) is 42.0 Å². The number of halogens is 1. The maximum atomic E-state index is 13.4. The lowest BCUT2D eigenvalue weighted by Gasteiger charge is -2.22. The summed E-state index contributed by atoms with van der Waals surface area (Å²) >= 11 is 12.9. The summed E-state index contributed by atoms with van der Waals surface area (Å²) in [4.78, 5) is 44.3. The number of urea groups is 1. The minimum atomic E-state index is -3.95. The number of carbonyl (C=O) groups is 3. The van der Waals surface area contributed by atoms with Crippen molar-refractivity contribution in [2.75, 3.05) is 21.7 Å². The highest BCUT2D eigenvalue weighted by Crippen LogP contribution is 2.39. The molecule has 3 amide bonds. The maximum absolute atomic E-state index is 13.4. The van der Waals surface area contributed by atoms with Crippen LogP contribution in [0, 0.1) is 0 Å². The zero-order chi connectivity index (χ0) is 59.2. The predicted molar refractivity (Wildman–Crippen MR) is 332 cm³/mol. The number of hydrogen-bond acceptors (Lipinski definition) is 15. The summed E-state index contributed by atoms with van der Waals surface area (Å²) in [6.45, 7) is 25.4. The van der Waals surface area contributed by atoms with E-state index in [0.29, 0.717) is 43.1 Å². The Hall–Kier alpha value is -6.25. The summed E-state index contributed by atoms with van der Waals surface area (Å²) in [5, 5.41) is 16.4. The summed E-state index contributed by atoms with van der Waals surface area (Å²) in [5.74, 6) is 0. The number of thiocarbonyl (C=S) groups is 1. The van der Waals surface area contributed by atoms with Gasteiger partial charge in [-0.3, -0.25) is 5.32 Å². The van der Waals surface area contributed by atoms with Gasteiger partial charge < -0.3 is 36.5 Å². The molecule has 0 saturated carbocycles. The number of amides is 3. The van der Waals surface area contributed by atoms with Crippen LogP contribution in [0.15, 0.2) is 107 Å². The van der Waals surface area contributed by atoms with E-state index in [1.807, 2.05) is 64.1 Å². The Bertz CT molecular complexity index is 3280. The number of thiazole rings is 2. The van der Waals surface area contributed by atoms with E-state index in [-0.39, 0.29) is 47.5 Å². The predicted octanol–water partition coefficient (Wildman–Crippen LogP) is 13.3. The fourth-order valence-electron chi connectivity index (χ4n) is 6.77. The van der Waals surface area contributed by atoms with Gasteiger partial charge in [0.25, 0.3) is 0 Å². The number of carbonyl (C=O) groups excluding carboxylic acids is 3. The van der Waals surface area contributed by atoms with Gasteiger partial charge >= 0.3 is 17.6 Å². The highest BCUT2D eigenvalue weighted by Gasteiger charge is 2.28. The number of anilines is 4. The van der Waals surface area contributed by atoms with E-state index < -0.39 is 42.6 Å². The van der Waals surface area contributed by atoms with Crippen molar-refractivity contribution in [2.24, 2.45) is 0 Å². The molecule has 6 aromatic rings. The van der Waals surface area contributed by atoms with Crippen LogP contribution in [0.3, 0.4) is 0 Å². The van der Waals surface area contributed by atoms with Crippen LogP contribution < -0.4 is 41.8 Å². The fourth-order valence-corrected chi connectivity index (χ4v) is 12.7. The number of aromatic nitrogens is 2. The zero-order valence-electron chi connectivity index (χ0n) is 46.6. The number of sulfonamides is 2. The first kappa shape index (κ1) is 68.0. The number of benzene rings is 4. The van der Waals surface area contributed by atoms with Crippen molar-refractivity contribution in [2.45, 2.75) is 150 Å². The Morgan fingerprint density at radius 3 is 1.40 bits per heavy atom. The van der Waals surface area contributed by atoms with Crippen molar-refractivity contribution >= 4 is 112 Å². The Kier molecular flexibility index (Phi) is 25.1. The second kappa shape index (κ2) is 29.5. The first-order chi connectivity index (χ1) is 36.6. The monoisotopic (exact) mass is 1210 g/mol. The number of hydrogen-bond donors (Lipinski definition) is 8. The topological polar surface area (TPSA) is 274 Å². The molecule has 0 unspecified atom stereocenters. The molecule has 0 aliphatic rings. The van der Waals surface area contributed by atoms with Gasteiger partial charge in [-0.05, 0) is 182 Å². The zero-order valence-corrected chi connectivity index (χ0v) is 51.5. The Labute approximate surface area is 490 Å². The molecular formula is C55H75ClN10O9S5. The summed E-state index contributed by atoms with van der Waals surface area (Å²) in [5.41, 5.74) is 8.72. The Morgan fingerprint density at radius 1 is 0.588 bits per heavy atom. The van der Waals surface area contributed by atoms with Crippen molar-refractivity contribution in [3.63, 3.8) is 0 Å². The van der Waals surface area contributed by atoms with Gasteiger partial charge in [0, 0.05) is 92.2 Å². The van der Waals surface area contributed by atoms with Crippen molar-refractivity contribution in [1.82, 2.24) is 30.0 Å². The largest absolute Gasteiger partial charge is 0.451 e. The van der Waals surface area contributed by atoms with Gasteiger partial charge in [0.2, 0.25) is 20.0 Å². The lowest BCUT2D eigenvalue weighted by atomic mass is 10.1. The smallest absolute Gasteiger partial charge is 0.411 e. The quantitative estimate of drug-likeness (QED) is 0.0270. The molecular weight excluding hydrogens is 1140 g/mol. The molecule has 25 heteroatoms. The third kappa shape index (κ3) is 22.7. The number of rotatable bonds is 15. The SMILES string of the molecule is C.CC(C)NC(=O)Nc1ccc(-c2ncc(-c3ccc(N)cc3S(=O)(=O)NC(C)(C)C)s2)cc1.CC(C)NC(=S)Nc1ccc(-c2ncc(-c3ccc(NC(=O)OC(C)C)cc3S(=O)(=O)NC(C)(C)C)s2)cc1.CC(C)OC(=O)Cl. The van der Waals surface area contributed by atoms with Crippen molar-refractivity contribution < 1.29 is 40.7 Å². The Balaban J connectivity index is 0.000000375. The van der Waals surface area contributed by atoms with Crippen LogP contribution in [0.4, 0.5) is 37.1 Å². The number of nitrogens with two attached hydrogens (primary N) is 1. The Morgan fingerprint density at radius 2 is 1.00 bits per heavy atom. The van der Waals surface area contributed by atoms with E-state index in [1.54, 1.807) is 118 Å². The van der Waals surface area contributed by atoms with Crippen molar-refractivity contribution in [3.05, 3.63) is 97.3 Å². The first-order valence-corrected chi connectivity index (χ1v) is 30.2. The number of nitrogens with one attached hydrogen (secondary N) is 7. The molecule has 0 bridgehead atoms. The molecule has 0 atom stereocenters. The van der Waals surface area contributed by atoms with Crippen LogP contribution in [0.25, 0.3) is 42.0 Å². The number of nitrogen functional groups attached to an aromatic ring is 1. The molecule has 4 aromatic carbocycles. The molecule has 0 saturated heterocycles. The molecule has 2 heterocycles. The minimum Gasteiger partial charge on any atom is -0.451 e. The lowest BCUT2D eigenvalue weighted by molar-refractivity contribution is 0.130. The summed E-state index contributed by atoms with van der Waals surface area (Å²) < 4.78 is 67.8. The first-order valence-electron chi connectivity index (χ1n) is 24.8. The van der Waals surface area contributed by atoms with E-state index in [9.17, 15) is 31.2 Å².